The van der Waals surface area contributed by atoms with E-state index in [1.165, 1.54) is 11.8 Å². The molecule has 0 aliphatic carbocycles. The quantitative estimate of drug-likeness (QED) is 0.488. The number of H-pyrrole nitrogens is 1. The number of hydrogen-bond acceptors (Lipinski definition) is 5. The van der Waals surface area contributed by atoms with Gasteiger partial charge in [0.1, 0.15) is 0 Å². The van der Waals surface area contributed by atoms with Crippen LogP contribution in [0.15, 0.2) is 65.1 Å². The third-order valence-corrected chi connectivity index (χ3v) is 5.76. The SMILES string of the molecule is CC(Sc1n[nH]c(-c2cccs2)n1)C(=O)Nc1cccc2ccccc12. The number of nitrogens with one attached hydrogen (secondary N) is 2. The number of anilines is 1. The molecule has 4 aromatic rings. The smallest absolute Gasteiger partial charge is 0.237 e. The Hall–Kier alpha value is -2.64. The maximum Gasteiger partial charge on any atom is 0.237 e. The Morgan fingerprint density at radius 2 is 2.00 bits per heavy atom. The van der Waals surface area contributed by atoms with E-state index in [1.807, 2.05) is 66.9 Å². The van der Waals surface area contributed by atoms with Crippen LogP contribution < -0.4 is 5.32 Å². The lowest BCUT2D eigenvalue weighted by Crippen LogP contribution is -2.22. The number of thioether (sulfide) groups is 1. The minimum Gasteiger partial charge on any atom is -0.325 e. The van der Waals surface area contributed by atoms with E-state index in [4.69, 9.17) is 0 Å². The molecule has 4 rings (SSSR count). The van der Waals surface area contributed by atoms with Crippen molar-refractivity contribution >= 4 is 45.5 Å². The summed E-state index contributed by atoms with van der Waals surface area (Å²) in [6, 6.07) is 17.8. The molecule has 0 radical (unpaired) electrons. The fourth-order valence-corrected chi connectivity index (χ4v) is 3.99. The third kappa shape index (κ3) is 3.49. The summed E-state index contributed by atoms with van der Waals surface area (Å²) in [5.41, 5.74) is 0.815. The zero-order chi connectivity index (χ0) is 17.9. The van der Waals surface area contributed by atoms with E-state index in [-0.39, 0.29) is 11.2 Å². The van der Waals surface area contributed by atoms with Gasteiger partial charge in [-0.1, -0.05) is 54.2 Å². The van der Waals surface area contributed by atoms with E-state index in [1.54, 1.807) is 11.3 Å². The summed E-state index contributed by atoms with van der Waals surface area (Å²) in [7, 11) is 0. The Labute approximate surface area is 158 Å². The van der Waals surface area contributed by atoms with Gasteiger partial charge in [0, 0.05) is 11.1 Å². The second-order valence-corrected chi connectivity index (χ2v) is 7.98. The highest BCUT2D eigenvalue weighted by Crippen LogP contribution is 2.27. The lowest BCUT2D eigenvalue weighted by Gasteiger charge is -2.12. The van der Waals surface area contributed by atoms with Crippen LogP contribution in [-0.2, 0) is 4.79 Å². The molecule has 2 aromatic carbocycles. The average molecular weight is 380 g/mol. The molecule has 2 aromatic heterocycles. The molecular formula is C19H16N4OS2. The first kappa shape index (κ1) is 16.8. The first-order valence-electron chi connectivity index (χ1n) is 8.12. The number of carbonyl (C=O) groups excluding carboxylic acids is 1. The molecule has 0 aliphatic rings. The van der Waals surface area contributed by atoms with Crippen LogP contribution in [0.25, 0.3) is 21.5 Å². The fourth-order valence-electron chi connectivity index (χ4n) is 2.60. The van der Waals surface area contributed by atoms with Gasteiger partial charge in [-0.15, -0.1) is 16.4 Å². The Kier molecular flexibility index (Phi) is 4.73. The monoisotopic (exact) mass is 380 g/mol. The molecular weight excluding hydrogens is 364 g/mol. The first-order valence-corrected chi connectivity index (χ1v) is 9.88. The number of aromatic amines is 1. The Bertz CT molecular complexity index is 1040. The van der Waals surface area contributed by atoms with Crippen molar-refractivity contribution in [2.24, 2.45) is 0 Å². The zero-order valence-electron chi connectivity index (χ0n) is 14.0. The number of amides is 1. The van der Waals surface area contributed by atoms with Gasteiger partial charge in [-0.3, -0.25) is 9.89 Å². The fraction of sp³-hybridized carbons (Fsp3) is 0.105. The number of carbonyl (C=O) groups is 1. The average Bonchev–Trinajstić information content (AvgIpc) is 3.33. The highest BCUT2D eigenvalue weighted by atomic mass is 32.2. The number of aromatic nitrogens is 3. The minimum atomic E-state index is -0.319. The van der Waals surface area contributed by atoms with Gasteiger partial charge in [0.25, 0.3) is 0 Å². The van der Waals surface area contributed by atoms with Crippen LogP contribution in [0.1, 0.15) is 6.92 Å². The van der Waals surface area contributed by atoms with E-state index in [0.717, 1.165) is 27.2 Å². The zero-order valence-corrected chi connectivity index (χ0v) is 15.6. The van der Waals surface area contributed by atoms with E-state index in [2.05, 4.69) is 20.5 Å². The predicted octanol–water partition coefficient (Wildman–Crippen LogP) is 4.81. The van der Waals surface area contributed by atoms with Gasteiger partial charge in [-0.2, -0.15) is 0 Å². The molecule has 2 N–H and O–H groups in total. The van der Waals surface area contributed by atoms with Crippen LogP contribution in [0.4, 0.5) is 5.69 Å². The van der Waals surface area contributed by atoms with Crippen molar-refractivity contribution in [3.8, 4) is 10.7 Å². The molecule has 0 aliphatic heterocycles. The molecule has 1 amide bonds. The van der Waals surface area contributed by atoms with Gasteiger partial charge in [-0.25, -0.2) is 4.98 Å². The molecule has 5 nitrogen and oxygen atoms in total. The Morgan fingerprint density at radius 1 is 1.15 bits per heavy atom. The normalized spacial score (nSPS) is 12.2. The molecule has 0 saturated heterocycles. The summed E-state index contributed by atoms with van der Waals surface area (Å²) in [6.07, 6.45) is 0. The van der Waals surface area contributed by atoms with Crippen molar-refractivity contribution in [2.45, 2.75) is 17.3 Å². The van der Waals surface area contributed by atoms with Crippen LogP contribution in [0.5, 0.6) is 0 Å². The highest BCUT2D eigenvalue weighted by molar-refractivity contribution is 8.00. The molecule has 7 heteroatoms. The van der Waals surface area contributed by atoms with Gasteiger partial charge in [0.05, 0.1) is 10.1 Å². The van der Waals surface area contributed by atoms with Gasteiger partial charge in [0.2, 0.25) is 11.1 Å². The topological polar surface area (TPSA) is 70.7 Å². The van der Waals surface area contributed by atoms with E-state index < -0.39 is 0 Å². The summed E-state index contributed by atoms with van der Waals surface area (Å²) in [5.74, 6) is 0.651. The van der Waals surface area contributed by atoms with Crippen molar-refractivity contribution in [2.75, 3.05) is 5.32 Å². The van der Waals surface area contributed by atoms with E-state index >= 15 is 0 Å². The van der Waals surface area contributed by atoms with Gasteiger partial charge < -0.3 is 5.32 Å². The van der Waals surface area contributed by atoms with Crippen molar-refractivity contribution < 1.29 is 4.79 Å². The van der Waals surface area contributed by atoms with E-state index in [9.17, 15) is 4.79 Å². The third-order valence-electron chi connectivity index (χ3n) is 3.92. The molecule has 26 heavy (non-hydrogen) atoms. The summed E-state index contributed by atoms with van der Waals surface area (Å²) in [4.78, 5) is 18.1. The molecule has 0 bridgehead atoms. The molecule has 2 heterocycles. The maximum absolute atomic E-state index is 12.6. The number of thiophene rings is 1. The second-order valence-electron chi connectivity index (χ2n) is 5.72. The highest BCUT2D eigenvalue weighted by Gasteiger charge is 2.18. The lowest BCUT2D eigenvalue weighted by molar-refractivity contribution is -0.115. The van der Waals surface area contributed by atoms with Gasteiger partial charge >= 0.3 is 0 Å². The largest absolute Gasteiger partial charge is 0.325 e. The number of nitrogens with zero attached hydrogens (tertiary/aromatic N) is 2. The summed E-state index contributed by atoms with van der Waals surface area (Å²) >= 11 is 2.93. The van der Waals surface area contributed by atoms with Crippen molar-refractivity contribution in [3.63, 3.8) is 0 Å². The summed E-state index contributed by atoms with van der Waals surface area (Å²) in [5, 5.41) is 14.5. The van der Waals surface area contributed by atoms with Crippen molar-refractivity contribution in [1.29, 1.82) is 0 Å². The Balaban J connectivity index is 1.46. The predicted molar refractivity (Wildman–Crippen MR) is 108 cm³/mol. The first-order chi connectivity index (χ1) is 12.7. The standard InChI is InChI=1S/C19H16N4OS2/c1-12(26-19-21-17(22-23-19)16-10-5-11-25-16)18(24)20-15-9-4-7-13-6-2-3-8-14(13)15/h2-12H,1H3,(H,20,24)(H,21,22,23). The van der Waals surface area contributed by atoms with E-state index in [0.29, 0.717) is 5.16 Å². The van der Waals surface area contributed by atoms with Crippen LogP contribution >= 0.6 is 23.1 Å². The molecule has 130 valence electrons. The maximum atomic E-state index is 12.6. The number of hydrogen-bond donors (Lipinski definition) is 2. The number of benzene rings is 2. The van der Waals surface area contributed by atoms with Gasteiger partial charge in [0.15, 0.2) is 5.82 Å². The van der Waals surface area contributed by atoms with Gasteiger partial charge in [-0.05, 0) is 29.8 Å². The van der Waals surface area contributed by atoms with Crippen molar-refractivity contribution in [1.82, 2.24) is 15.2 Å². The number of rotatable bonds is 5. The van der Waals surface area contributed by atoms with Crippen molar-refractivity contribution in [3.05, 3.63) is 60.0 Å². The summed E-state index contributed by atoms with van der Waals surface area (Å²) in [6.45, 7) is 1.85. The molecule has 0 fully saturated rings. The number of fused-ring (bicyclic) bond motifs is 1. The van der Waals surface area contributed by atoms with Crippen LogP contribution in [0.3, 0.4) is 0 Å². The Morgan fingerprint density at radius 3 is 2.85 bits per heavy atom. The van der Waals surface area contributed by atoms with Crippen LogP contribution in [0, 0.1) is 0 Å². The lowest BCUT2D eigenvalue weighted by atomic mass is 10.1. The molecule has 1 unspecified atom stereocenters. The molecule has 1 atom stereocenters. The second kappa shape index (κ2) is 7.31. The minimum absolute atomic E-state index is 0.0752. The van der Waals surface area contributed by atoms with Crippen LogP contribution in [-0.4, -0.2) is 26.3 Å². The van der Waals surface area contributed by atoms with Crippen LogP contribution in [0.2, 0.25) is 0 Å². The summed E-state index contributed by atoms with van der Waals surface area (Å²) < 4.78 is 0. The molecule has 0 saturated carbocycles. The molecule has 0 spiro atoms.